The molecule has 2 rings (SSSR count). The first-order chi connectivity index (χ1) is 9.10. The summed E-state index contributed by atoms with van der Waals surface area (Å²) >= 11 is 0. The quantitative estimate of drug-likeness (QED) is 0.812. The third kappa shape index (κ3) is 3.69. The number of benzene rings is 1. The summed E-state index contributed by atoms with van der Waals surface area (Å²) in [5, 5.41) is 2.64. The molecule has 0 spiro atoms. The molecule has 102 valence electrons. The fourth-order valence-corrected chi connectivity index (χ4v) is 1.88. The molecule has 6 nitrogen and oxygen atoms in total. The fourth-order valence-electron chi connectivity index (χ4n) is 1.88. The Bertz CT molecular complexity index is 457. The van der Waals surface area contributed by atoms with Crippen molar-refractivity contribution in [1.82, 2.24) is 5.32 Å². The number of carbonyl (C=O) groups excluding carboxylic acids is 2. The molecule has 1 aliphatic heterocycles. The zero-order valence-electron chi connectivity index (χ0n) is 10.4. The monoisotopic (exact) mass is 264 g/mol. The van der Waals surface area contributed by atoms with Crippen molar-refractivity contribution < 1.29 is 19.1 Å². The summed E-state index contributed by atoms with van der Waals surface area (Å²) in [6.07, 6.45) is -0.527. The Labute approximate surface area is 110 Å². The second-order valence-electron chi connectivity index (χ2n) is 4.60. The number of ether oxygens (including phenoxy) is 2. The molecule has 0 unspecified atom stereocenters. The standard InChI is InChI=1S/C13H16N2O4/c14-11(16)6-13(8-18-9-13)15-12(17)19-7-10-4-2-1-3-5-10/h1-5H,6-9H2,(H2,14,16)(H,15,17). The van der Waals surface area contributed by atoms with Crippen molar-refractivity contribution in [3.63, 3.8) is 0 Å². The lowest BCUT2D eigenvalue weighted by molar-refractivity contribution is -0.127. The van der Waals surface area contributed by atoms with Gasteiger partial charge in [-0.25, -0.2) is 4.79 Å². The highest BCUT2D eigenvalue weighted by Gasteiger charge is 2.42. The number of hydrogen-bond donors (Lipinski definition) is 2. The average Bonchev–Trinajstić information content (AvgIpc) is 2.34. The van der Waals surface area contributed by atoms with E-state index >= 15 is 0 Å². The Hall–Kier alpha value is -2.08. The number of alkyl carbamates (subject to hydrolysis) is 1. The van der Waals surface area contributed by atoms with E-state index in [-0.39, 0.29) is 26.2 Å². The molecule has 1 aliphatic rings. The van der Waals surface area contributed by atoms with Crippen molar-refractivity contribution in [3.05, 3.63) is 35.9 Å². The van der Waals surface area contributed by atoms with Crippen molar-refractivity contribution in [2.24, 2.45) is 5.73 Å². The summed E-state index contributed by atoms with van der Waals surface area (Å²) in [5.74, 6) is -0.480. The third-order valence-corrected chi connectivity index (χ3v) is 2.85. The van der Waals surface area contributed by atoms with Crippen LogP contribution in [0.4, 0.5) is 4.79 Å². The number of amides is 2. The van der Waals surface area contributed by atoms with Gasteiger partial charge in [0.2, 0.25) is 5.91 Å². The molecule has 0 atom stereocenters. The zero-order valence-corrected chi connectivity index (χ0v) is 10.4. The van der Waals surface area contributed by atoms with Gasteiger partial charge in [-0.2, -0.15) is 0 Å². The highest BCUT2D eigenvalue weighted by Crippen LogP contribution is 2.21. The van der Waals surface area contributed by atoms with Crippen molar-refractivity contribution in [3.8, 4) is 0 Å². The molecule has 19 heavy (non-hydrogen) atoms. The van der Waals surface area contributed by atoms with Crippen LogP contribution in [0.1, 0.15) is 12.0 Å². The number of nitrogens with one attached hydrogen (secondary N) is 1. The van der Waals surface area contributed by atoms with Crippen LogP contribution in [0.25, 0.3) is 0 Å². The highest BCUT2D eigenvalue weighted by molar-refractivity contribution is 5.77. The molecule has 0 radical (unpaired) electrons. The fraction of sp³-hybridized carbons (Fsp3) is 0.385. The van der Waals surface area contributed by atoms with Crippen LogP contribution in [-0.4, -0.2) is 30.8 Å². The van der Waals surface area contributed by atoms with Gasteiger partial charge < -0.3 is 20.5 Å². The van der Waals surface area contributed by atoms with E-state index in [0.717, 1.165) is 5.56 Å². The molecule has 3 N–H and O–H groups in total. The molecule has 6 heteroatoms. The van der Waals surface area contributed by atoms with Gasteiger partial charge in [-0.3, -0.25) is 4.79 Å². The van der Waals surface area contributed by atoms with Gasteiger partial charge in [0.15, 0.2) is 0 Å². The van der Waals surface area contributed by atoms with Crippen LogP contribution in [-0.2, 0) is 20.9 Å². The lowest BCUT2D eigenvalue weighted by atomic mass is 9.93. The molecular formula is C13H16N2O4. The van der Waals surface area contributed by atoms with Crippen molar-refractivity contribution in [2.75, 3.05) is 13.2 Å². The van der Waals surface area contributed by atoms with Crippen molar-refractivity contribution in [2.45, 2.75) is 18.6 Å². The van der Waals surface area contributed by atoms with Gasteiger partial charge in [-0.1, -0.05) is 30.3 Å². The van der Waals surface area contributed by atoms with Gasteiger partial charge in [-0.05, 0) is 5.56 Å². The maximum atomic E-state index is 11.7. The maximum absolute atomic E-state index is 11.7. The Morgan fingerprint density at radius 1 is 1.32 bits per heavy atom. The van der Waals surface area contributed by atoms with E-state index in [4.69, 9.17) is 15.2 Å². The smallest absolute Gasteiger partial charge is 0.408 e. The molecular weight excluding hydrogens is 248 g/mol. The number of primary amides is 1. The molecule has 1 aromatic carbocycles. The lowest BCUT2D eigenvalue weighted by Crippen LogP contribution is -2.63. The average molecular weight is 264 g/mol. The molecule has 1 aromatic rings. The van der Waals surface area contributed by atoms with E-state index in [1.165, 1.54) is 0 Å². The number of hydrogen-bond acceptors (Lipinski definition) is 4. The lowest BCUT2D eigenvalue weighted by Gasteiger charge is -2.40. The normalized spacial score (nSPS) is 16.2. The predicted octanol–water partition coefficient (Wildman–Crippen LogP) is 0.557. The Balaban J connectivity index is 1.82. The van der Waals surface area contributed by atoms with Crippen LogP contribution < -0.4 is 11.1 Å². The minimum Gasteiger partial charge on any atom is -0.445 e. The SMILES string of the molecule is NC(=O)CC1(NC(=O)OCc2ccccc2)COC1. The van der Waals surface area contributed by atoms with Gasteiger partial charge in [0.1, 0.15) is 6.61 Å². The van der Waals surface area contributed by atoms with Crippen molar-refractivity contribution in [1.29, 1.82) is 0 Å². The van der Waals surface area contributed by atoms with Gasteiger partial charge in [0, 0.05) is 0 Å². The minimum atomic E-state index is -0.709. The molecule has 0 aromatic heterocycles. The molecule has 2 amide bonds. The largest absolute Gasteiger partial charge is 0.445 e. The minimum absolute atomic E-state index is 0.0490. The van der Waals surface area contributed by atoms with Crippen LogP contribution in [0.3, 0.4) is 0 Å². The Morgan fingerprint density at radius 3 is 2.53 bits per heavy atom. The first-order valence-corrected chi connectivity index (χ1v) is 5.95. The Morgan fingerprint density at radius 2 is 2.00 bits per heavy atom. The maximum Gasteiger partial charge on any atom is 0.408 e. The summed E-state index contributed by atoms with van der Waals surface area (Å²) < 4.78 is 10.1. The van der Waals surface area contributed by atoms with Crippen LogP contribution >= 0.6 is 0 Å². The predicted molar refractivity (Wildman–Crippen MR) is 67.1 cm³/mol. The van der Waals surface area contributed by atoms with Crippen LogP contribution in [0.5, 0.6) is 0 Å². The number of carbonyl (C=O) groups is 2. The molecule has 0 bridgehead atoms. The summed E-state index contributed by atoms with van der Waals surface area (Å²) in [7, 11) is 0. The topological polar surface area (TPSA) is 90.7 Å². The van der Waals surface area contributed by atoms with Crippen LogP contribution in [0.15, 0.2) is 30.3 Å². The summed E-state index contributed by atoms with van der Waals surface area (Å²) in [6.45, 7) is 0.729. The third-order valence-electron chi connectivity index (χ3n) is 2.85. The van der Waals surface area contributed by atoms with Gasteiger partial charge in [-0.15, -0.1) is 0 Å². The van der Waals surface area contributed by atoms with Gasteiger partial charge >= 0.3 is 6.09 Å². The van der Waals surface area contributed by atoms with Gasteiger partial charge in [0.25, 0.3) is 0 Å². The molecule has 1 saturated heterocycles. The van der Waals surface area contributed by atoms with E-state index in [1.54, 1.807) is 0 Å². The summed E-state index contributed by atoms with van der Waals surface area (Å²) in [4.78, 5) is 22.6. The van der Waals surface area contributed by atoms with Crippen LogP contribution in [0, 0.1) is 0 Å². The van der Waals surface area contributed by atoms with E-state index in [9.17, 15) is 9.59 Å². The first-order valence-electron chi connectivity index (χ1n) is 5.95. The van der Waals surface area contributed by atoms with E-state index in [1.807, 2.05) is 30.3 Å². The van der Waals surface area contributed by atoms with Crippen molar-refractivity contribution >= 4 is 12.0 Å². The molecule has 0 saturated carbocycles. The first kappa shape index (κ1) is 13.4. The molecule has 1 heterocycles. The van der Waals surface area contributed by atoms with E-state index in [2.05, 4.69) is 5.32 Å². The van der Waals surface area contributed by atoms with Gasteiger partial charge in [0.05, 0.1) is 25.2 Å². The van der Waals surface area contributed by atoms with E-state index in [0.29, 0.717) is 0 Å². The van der Waals surface area contributed by atoms with E-state index < -0.39 is 17.5 Å². The second kappa shape index (κ2) is 5.71. The zero-order chi connectivity index (χ0) is 13.7. The van der Waals surface area contributed by atoms with Crippen LogP contribution in [0.2, 0.25) is 0 Å². The molecule has 1 fully saturated rings. The summed E-state index contributed by atoms with van der Waals surface area (Å²) in [5.41, 5.74) is 5.33. The Kier molecular flexibility index (Phi) is 4.01. The second-order valence-corrected chi connectivity index (χ2v) is 4.60. The number of rotatable bonds is 5. The summed E-state index contributed by atoms with van der Waals surface area (Å²) in [6, 6.07) is 9.34. The molecule has 0 aliphatic carbocycles. The number of nitrogens with two attached hydrogens (primary N) is 1. The highest BCUT2D eigenvalue weighted by atomic mass is 16.6.